The molecule has 3 amide bonds. The van der Waals surface area contributed by atoms with Gasteiger partial charge in [-0.15, -0.1) is 11.3 Å². The minimum absolute atomic E-state index is 0.152. The molecule has 2 aliphatic heterocycles. The average molecular weight is 391 g/mol. The van der Waals surface area contributed by atoms with Crippen molar-refractivity contribution < 1.29 is 14.3 Å². The molecular formula is C21H17N3O3S. The van der Waals surface area contributed by atoms with E-state index in [9.17, 15) is 9.59 Å². The van der Waals surface area contributed by atoms with E-state index in [2.05, 4.69) is 10.3 Å². The molecule has 2 aliphatic rings. The first-order chi connectivity index (χ1) is 13.7. The molecule has 6 nitrogen and oxygen atoms in total. The van der Waals surface area contributed by atoms with E-state index in [1.165, 1.54) is 16.2 Å². The number of ether oxygens (including phenoxy) is 1. The van der Waals surface area contributed by atoms with E-state index in [1.807, 2.05) is 60.0 Å². The summed E-state index contributed by atoms with van der Waals surface area (Å²) in [6.07, 6.45) is 0.414. The summed E-state index contributed by atoms with van der Waals surface area (Å²) in [5, 5.41) is 5.68. The Morgan fingerprint density at radius 1 is 1.11 bits per heavy atom. The first-order valence-electron chi connectivity index (χ1n) is 9.04. The predicted octanol–water partition coefficient (Wildman–Crippen LogP) is 3.54. The van der Waals surface area contributed by atoms with Crippen molar-refractivity contribution in [2.45, 2.75) is 18.5 Å². The highest BCUT2D eigenvalue weighted by molar-refractivity contribution is 7.13. The van der Waals surface area contributed by atoms with E-state index in [0.717, 1.165) is 10.6 Å². The van der Waals surface area contributed by atoms with Gasteiger partial charge in [0.15, 0.2) is 5.54 Å². The summed E-state index contributed by atoms with van der Waals surface area (Å²) in [5.41, 5.74) is 1.38. The van der Waals surface area contributed by atoms with Gasteiger partial charge < -0.3 is 10.1 Å². The second kappa shape index (κ2) is 6.45. The number of aromatic nitrogens is 1. The normalized spacial score (nSPS) is 20.8. The lowest BCUT2D eigenvalue weighted by Crippen LogP contribution is -2.47. The topological polar surface area (TPSA) is 71.5 Å². The second-order valence-corrected chi connectivity index (χ2v) is 7.69. The van der Waals surface area contributed by atoms with Crippen LogP contribution in [-0.4, -0.2) is 28.4 Å². The number of para-hydroxylation sites is 1. The minimum atomic E-state index is -1.05. The van der Waals surface area contributed by atoms with Gasteiger partial charge in [-0.25, -0.2) is 9.78 Å². The second-order valence-electron chi connectivity index (χ2n) is 6.83. The van der Waals surface area contributed by atoms with Gasteiger partial charge in [-0.3, -0.25) is 9.69 Å². The van der Waals surface area contributed by atoms with Crippen LogP contribution < -0.4 is 10.1 Å². The van der Waals surface area contributed by atoms with Gasteiger partial charge in [0.1, 0.15) is 10.8 Å². The Labute approximate surface area is 165 Å². The van der Waals surface area contributed by atoms with Crippen molar-refractivity contribution in [2.24, 2.45) is 0 Å². The summed E-state index contributed by atoms with van der Waals surface area (Å²) >= 11 is 1.50. The maximum Gasteiger partial charge on any atom is 0.325 e. The number of fused-ring (bicyclic) bond motifs is 2. The van der Waals surface area contributed by atoms with Gasteiger partial charge in [-0.05, 0) is 6.07 Å². The Morgan fingerprint density at radius 2 is 1.89 bits per heavy atom. The zero-order valence-corrected chi connectivity index (χ0v) is 15.7. The molecule has 7 heteroatoms. The van der Waals surface area contributed by atoms with Crippen LogP contribution in [0.25, 0.3) is 10.6 Å². The largest absolute Gasteiger partial charge is 0.493 e. The van der Waals surface area contributed by atoms with Crippen LogP contribution in [0, 0.1) is 0 Å². The standard InChI is InChI=1S/C21H17N3O3S/c25-19-21(10-11-27-17-9-5-4-8-16(17)21)23-20(26)24(19)12-15-13-28-18(22-15)14-6-2-1-3-7-14/h1-9,13H,10-12H2,(H,23,26)/t21-/m1/s1. The van der Waals surface area contributed by atoms with Crippen molar-refractivity contribution in [3.05, 3.63) is 71.2 Å². The molecule has 1 atom stereocenters. The highest BCUT2D eigenvalue weighted by Crippen LogP contribution is 2.41. The highest BCUT2D eigenvalue weighted by atomic mass is 32.1. The fraction of sp³-hybridized carbons (Fsp3) is 0.190. The maximum absolute atomic E-state index is 13.3. The number of carbonyl (C=O) groups excluding carboxylic acids is 2. The minimum Gasteiger partial charge on any atom is -0.493 e. The Kier molecular flexibility index (Phi) is 3.91. The van der Waals surface area contributed by atoms with Gasteiger partial charge in [-0.2, -0.15) is 0 Å². The molecule has 0 saturated carbocycles. The molecular weight excluding hydrogens is 374 g/mol. The molecule has 3 aromatic rings. The van der Waals surface area contributed by atoms with Crippen molar-refractivity contribution in [3.63, 3.8) is 0 Å². The fourth-order valence-electron chi connectivity index (χ4n) is 3.77. The van der Waals surface area contributed by atoms with Gasteiger partial charge in [-0.1, -0.05) is 48.5 Å². The number of amides is 3. The molecule has 140 valence electrons. The van der Waals surface area contributed by atoms with Gasteiger partial charge in [0.2, 0.25) is 0 Å². The van der Waals surface area contributed by atoms with Crippen LogP contribution in [0.5, 0.6) is 5.75 Å². The number of nitrogens with one attached hydrogen (secondary N) is 1. The van der Waals surface area contributed by atoms with Crippen LogP contribution in [-0.2, 0) is 16.9 Å². The molecule has 0 aliphatic carbocycles. The van der Waals surface area contributed by atoms with Crippen molar-refractivity contribution in [1.29, 1.82) is 0 Å². The quantitative estimate of drug-likeness (QED) is 0.693. The predicted molar refractivity (Wildman–Crippen MR) is 105 cm³/mol. The monoisotopic (exact) mass is 391 g/mol. The van der Waals surface area contributed by atoms with Crippen LogP contribution in [0.2, 0.25) is 0 Å². The van der Waals surface area contributed by atoms with Gasteiger partial charge in [0, 0.05) is 22.9 Å². The molecule has 1 fully saturated rings. The number of hydrogen-bond acceptors (Lipinski definition) is 5. The molecule has 28 heavy (non-hydrogen) atoms. The van der Waals surface area contributed by atoms with Crippen LogP contribution in [0.4, 0.5) is 4.79 Å². The summed E-state index contributed by atoms with van der Waals surface area (Å²) < 4.78 is 5.67. The summed E-state index contributed by atoms with van der Waals surface area (Å²) in [6, 6.07) is 16.8. The Bertz CT molecular complexity index is 1070. The van der Waals surface area contributed by atoms with Crippen LogP contribution in [0.15, 0.2) is 60.0 Å². The number of imide groups is 1. The highest BCUT2D eigenvalue weighted by Gasteiger charge is 2.54. The Hall–Kier alpha value is -3.19. The third-order valence-corrected chi connectivity index (χ3v) is 6.09. The van der Waals surface area contributed by atoms with E-state index in [1.54, 1.807) is 0 Å². The van der Waals surface area contributed by atoms with E-state index in [0.29, 0.717) is 30.0 Å². The number of benzene rings is 2. The van der Waals surface area contributed by atoms with Crippen LogP contribution in [0.3, 0.4) is 0 Å². The summed E-state index contributed by atoms with van der Waals surface area (Å²) in [4.78, 5) is 31.8. The van der Waals surface area contributed by atoms with Gasteiger partial charge in [0.05, 0.1) is 18.8 Å². The summed E-state index contributed by atoms with van der Waals surface area (Å²) in [7, 11) is 0. The average Bonchev–Trinajstić information content (AvgIpc) is 3.29. The third kappa shape index (κ3) is 2.58. The molecule has 1 N–H and O–H groups in total. The Balaban J connectivity index is 1.43. The van der Waals surface area contributed by atoms with Gasteiger partial charge >= 0.3 is 6.03 Å². The molecule has 2 aromatic carbocycles. The van der Waals surface area contributed by atoms with Crippen molar-refractivity contribution in [1.82, 2.24) is 15.2 Å². The summed E-state index contributed by atoms with van der Waals surface area (Å²) in [5.74, 6) is 0.395. The molecule has 0 unspecified atom stereocenters. The third-order valence-electron chi connectivity index (χ3n) is 5.15. The van der Waals surface area contributed by atoms with E-state index >= 15 is 0 Å². The number of urea groups is 1. The molecule has 1 aromatic heterocycles. The lowest BCUT2D eigenvalue weighted by atomic mass is 9.84. The van der Waals surface area contributed by atoms with E-state index in [4.69, 9.17) is 4.74 Å². The zero-order chi connectivity index (χ0) is 19.1. The summed E-state index contributed by atoms with van der Waals surface area (Å²) in [6.45, 7) is 0.532. The Morgan fingerprint density at radius 3 is 2.75 bits per heavy atom. The molecule has 1 saturated heterocycles. The van der Waals surface area contributed by atoms with Crippen LogP contribution in [0.1, 0.15) is 17.7 Å². The number of hydrogen-bond donors (Lipinski definition) is 1. The number of rotatable bonds is 3. The number of thiazole rings is 1. The molecule has 5 rings (SSSR count). The van der Waals surface area contributed by atoms with E-state index < -0.39 is 11.6 Å². The van der Waals surface area contributed by atoms with E-state index in [-0.39, 0.29) is 12.5 Å². The SMILES string of the molecule is O=C1N[C@@]2(CCOc3ccccc32)C(=O)N1Cc1csc(-c2ccccc2)n1. The molecule has 0 radical (unpaired) electrons. The smallest absolute Gasteiger partial charge is 0.325 e. The van der Waals surface area contributed by atoms with Crippen molar-refractivity contribution >= 4 is 23.3 Å². The maximum atomic E-state index is 13.3. The molecule has 0 bridgehead atoms. The van der Waals surface area contributed by atoms with Crippen LogP contribution >= 0.6 is 11.3 Å². The number of carbonyl (C=O) groups is 2. The van der Waals surface area contributed by atoms with Crippen molar-refractivity contribution in [2.75, 3.05) is 6.61 Å². The first kappa shape index (κ1) is 16.9. The fourth-order valence-corrected chi connectivity index (χ4v) is 4.59. The lowest BCUT2D eigenvalue weighted by molar-refractivity contribution is -0.133. The zero-order valence-electron chi connectivity index (χ0n) is 14.9. The lowest BCUT2D eigenvalue weighted by Gasteiger charge is -2.33. The molecule has 3 heterocycles. The number of nitrogens with zero attached hydrogens (tertiary/aromatic N) is 2. The molecule has 1 spiro atoms. The van der Waals surface area contributed by atoms with Crippen molar-refractivity contribution in [3.8, 4) is 16.3 Å². The first-order valence-corrected chi connectivity index (χ1v) is 9.91. The van der Waals surface area contributed by atoms with Gasteiger partial charge in [0.25, 0.3) is 5.91 Å².